The van der Waals surface area contributed by atoms with Crippen LogP contribution < -0.4 is 10.2 Å². The Morgan fingerprint density at radius 1 is 1.26 bits per heavy atom. The number of hydrogen-bond donors (Lipinski definition) is 1. The Kier molecular flexibility index (Phi) is 5.95. The molecule has 0 aliphatic carbocycles. The van der Waals surface area contributed by atoms with E-state index >= 15 is 0 Å². The summed E-state index contributed by atoms with van der Waals surface area (Å²) in [6, 6.07) is 3.34. The summed E-state index contributed by atoms with van der Waals surface area (Å²) in [5.74, 6) is -0.383. The number of halogens is 3. The zero-order valence-electron chi connectivity index (χ0n) is 17.2. The van der Waals surface area contributed by atoms with Crippen molar-refractivity contribution >= 4 is 17.5 Å². The molecule has 2 atom stereocenters. The fourth-order valence-electron chi connectivity index (χ4n) is 4.14. The molecule has 0 bridgehead atoms. The highest BCUT2D eigenvalue weighted by atomic mass is 19.3. The molecule has 164 valence electrons. The number of amides is 1. The van der Waals surface area contributed by atoms with Gasteiger partial charge in [0.2, 0.25) is 5.91 Å². The molecule has 0 saturated carbocycles. The van der Waals surface area contributed by atoms with Crippen molar-refractivity contribution in [2.24, 2.45) is 5.92 Å². The highest BCUT2D eigenvalue weighted by Crippen LogP contribution is 2.37. The third-order valence-corrected chi connectivity index (χ3v) is 5.84. The van der Waals surface area contributed by atoms with Crippen LogP contribution in [0.15, 0.2) is 36.2 Å². The molecule has 0 spiro atoms. The van der Waals surface area contributed by atoms with E-state index < -0.39 is 23.8 Å². The van der Waals surface area contributed by atoms with E-state index in [4.69, 9.17) is 4.74 Å². The predicted molar refractivity (Wildman–Crippen MR) is 110 cm³/mol. The molecule has 0 radical (unpaired) electrons. The van der Waals surface area contributed by atoms with Gasteiger partial charge in [-0.3, -0.25) is 9.69 Å². The number of carbonyl (C=O) groups is 1. The van der Waals surface area contributed by atoms with Crippen molar-refractivity contribution in [3.63, 3.8) is 0 Å². The van der Waals surface area contributed by atoms with Crippen molar-refractivity contribution in [1.82, 2.24) is 9.97 Å². The summed E-state index contributed by atoms with van der Waals surface area (Å²) >= 11 is 0. The molecule has 1 unspecified atom stereocenters. The first kappa shape index (κ1) is 21.3. The molecule has 1 aromatic carbocycles. The Balaban J connectivity index is 1.66. The van der Waals surface area contributed by atoms with Gasteiger partial charge in [0.15, 0.2) is 0 Å². The van der Waals surface area contributed by atoms with Crippen LogP contribution in [0, 0.1) is 11.7 Å². The number of nitrogens with zero attached hydrogens (tertiary/aromatic N) is 3. The van der Waals surface area contributed by atoms with Crippen LogP contribution in [-0.2, 0) is 16.0 Å². The maximum absolute atomic E-state index is 14.6. The first-order valence-electron chi connectivity index (χ1n) is 10.1. The van der Waals surface area contributed by atoms with Gasteiger partial charge in [-0.15, -0.1) is 0 Å². The van der Waals surface area contributed by atoms with E-state index in [1.54, 1.807) is 14.0 Å². The van der Waals surface area contributed by atoms with Gasteiger partial charge in [-0.1, -0.05) is 29.8 Å². The van der Waals surface area contributed by atoms with Gasteiger partial charge < -0.3 is 10.1 Å². The van der Waals surface area contributed by atoms with E-state index in [1.807, 2.05) is 6.08 Å². The highest BCUT2D eigenvalue weighted by molar-refractivity contribution is 5.99. The molecule has 2 aromatic rings. The maximum Gasteiger partial charge on any atom is 0.266 e. The number of rotatable bonds is 5. The van der Waals surface area contributed by atoms with Gasteiger partial charge in [-0.05, 0) is 19.8 Å². The van der Waals surface area contributed by atoms with Crippen LogP contribution in [0.3, 0.4) is 0 Å². The van der Waals surface area contributed by atoms with Gasteiger partial charge in [0.05, 0.1) is 30.7 Å². The number of fused-ring (bicyclic) bond motifs is 1. The molecule has 31 heavy (non-hydrogen) atoms. The lowest BCUT2D eigenvalue weighted by molar-refractivity contribution is -0.121. The van der Waals surface area contributed by atoms with Crippen LogP contribution in [0.5, 0.6) is 0 Å². The largest absolute Gasteiger partial charge is 0.377 e. The summed E-state index contributed by atoms with van der Waals surface area (Å²) < 4.78 is 46.1. The Labute approximate surface area is 178 Å². The van der Waals surface area contributed by atoms with Crippen LogP contribution in [0.2, 0.25) is 0 Å². The number of aromatic nitrogens is 2. The maximum atomic E-state index is 14.6. The van der Waals surface area contributed by atoms with Crippen molar-refractivity contribution in [3.05, 3.63) is 58.7 Å². The number of nitrogens with one attached hydrogen (secondary N) is 1. The van der Waals surface area contributed by atoms with Gasteiger partial charge in [0, 0.05) is 18.2 Å². The second kappa shape index (κ2) is 8.66. The van der Waals surface area contributed by atoms with Crippen LogP contribution in [-0.4, -0.2) is 36.1 Å². The lowest BCUT2D eigenvalue weighted by Crippen LogP contribution is -2.41. The second-order valence-electron chi connectivity index (χ2n) is 7.70. The Morgan fingerprint density at radius 2 is 2.03 bits per heavy atom. The molecule has 3 heterocycles. The number of anilines is 2. The second-order valence-corrected chi connectivity index (χ2v) is 7.70. The van der Waals surface area contributed by atoms with E-state index in [0.29, 0.717) is 37.7 Å². The summed E-state index contributed by atoms with van der Waals surface area (Å²) in [7, 11) is 1.67. The standard InChI is InChI=1S/C22H23F3N4O2/c1-12(14-4-3-5-15(18(14)23)19(24)25)28-20-17-10-16(13-6-8-31-9-7-13)22(30)29(2)21(17)27-11-26-20/h3-6,11-12,16,19H,7-10H2,1-2H3,(H,26,27,28)/t12-,16?/m1/s1. The molecule has 2 aliphatic heterocycles. The molecule has 0 saturated heterocycles. The fourth-order valence-corrected chi connectivity index (χ4v) is 4.14. The first-order chi connectivity index (χ1) is 14.9. The summed E-state index contributed by atoms with van der Waals surface area (Å²) in [6.45, 7) is 2.72. The normalized spacial score (nSPS) is 19.8. The molecule has 0 fully saturated rings. The number of benzene rings is 1. The van der Waals surface area contributed by atoms with Crippen molar-refractivity contribution in [2.75, 3.05) is 30.5 Å². The van der Waals surface area contributed by atoms with Gasteiger partial charge >= 0.3 is 0 Å². The monoisotopic (exact) mass is 432 g/mol. The molecule has 1 aromatic heterocycles. The smallest absolute Gasteiger partial charge is 0.266 e. The minimum absolute atomic E-state index is 0.0472. The van der Waals surface area contributed by atoms with Crippen molar-refractivity contribution in [1.29, 1.82) is 0 Å². The number of hydrogen-bond acceptors (Lipinski definition) is 5. The van der Waals surface area contributed by atoms with E-state index in [-0.39, 0.29) is 17.4 Å². The molecular weight excluding hydrogens is 409 g/mol. The molecule has 4 rings (SSSR count). The highest BCUT2D eigenvalue weighted by Gasteiger charge is 2.36. The van der Waals surface area contributed by atoms with E-state index in [9.17, 15) is 18.0 Å². The number of alkyl halides is 2. The van der Waals surface area contributed by atoms with E-state index in [2.05, 4.69) is 15.3 Å². The van der Waals surface area contributed by atoms with Crippen LogP contribution >= 0.6 is 0 Å². The summed E-state index contributed by atoms with van der Waals surface area (Å²) in [6.07, 6.45) is 1.46. The van der Waals surface area contributed by atoms with E-state index in [0.717, 1.165) is 17.2 Å². The molecule has 9 heteroatoms. The van der Waals surface area contributed by atoms with Gasteiger partial charge in [0.1, 0.15) is 23.8 Å². The van der Waals surface area contributed by atoms with E-state index in [1.165, 1.54) is 23.4 Å². The van der Waals surface area contributed by atoms with Crippen LogP contribution in [0.4, 0.5) is 24.8 Å². The van der Waals surface area contributed by atoms with Gasteiger partial charge in [0.25, 0.3) is 6.43 Å². The first-order valence-corrected chi connectivity index (χ1v) is 10.1. The lowest BCUT2D eigenvalue weighted by atomic mass is 9.85. The van der Waals surface area contributed by atoms with Gasteiger partial charge in [-0.25, -0.2) is 23.1 Å². The molecule has 6 nitrogen and oxygen atoms in total. The quantitative estimate of drug-likeness (QED) is 0.717. The fraction of sp³-hybridized carbons (Fsp3) is 0.409. The Morgan fingerprint density at radius 3 is 2.74 bits per heavy atom. The lowest BCUT2D eigenvalue weighted by Gasteiger charge is -2.34. The van der Waals surface area contributed by atoms with Crippen molar-refractivity contribution < 1.29 is 22.7 Å². The Bertz CT molecular complexity index is 1030. The summed E-state index contributed by atoms with van der Waals surface area (Å²) in [4.78, 5) is 23.0. The SMILES string of the molecule is C[C@@H](Nc1ncnc2c1CC(C1=CCOCC1)C(=O)N2C)c1cccc(C(F)F)c1F. The third-order valence-electron chi connectivity index (χ3n) is 5.84. The topological polar surface area (TPSA) is 67.4 Å². The molecule has 1 N–H and O–H groups in total. The predicted octanol–water partition coefficient (Wildman–Crippen LogP) is 4.21. The van der Waals surface area contributed by atoms with Crippen molar-refractivity contribution in [2.45, 2.75) is 32.2 Å². The molecular formula is C22H23F3N4O2. The number of ether oxygens (including phenoxy) is 1. The minimum atomic E-state index is -2.90. The molecule has 2 aliphatic rings. The van der Waals surface area contributed by atoms with Crippen molar-refractivity contribution in [3.8, 4) is 0 Å². The van der Waals surface area contributed by atoms with Crippen LogP contribution in [0.25, 0.3) is 0 Å². The zero-order valence-corrected chi connectivity index (χ0v) is 17.2. The van der Waals surface area contributed by atoms with Crippen LogP contribution in [0.1, 0.15) is 42.5 Å². The Hall–Kier alpha value is -2.94. The average Bonchev–Trinajstić information content (AvgIpc) is 2.77. The number of carbonyl (C=O) groups excluding carboxylic acids is 1. The summed E-state index contributed by atoms with van der Waals surface area (Å²) in [5.41, 5.74) is 1.24. The average molecular weight is 432 g/mol. The molecule has 1 amide bonds. The third kappa shape index (κ3) is 4.01. The zero-order chi connectivity index (χ0) is 22.1. The summed E-state index contributed by atoms with van der Waals surface area (Å²) in [5, 5.41) is 3.13. The minimum Gasteiger partial charge on any atom is -0.377 e. The van der Waals surface area contributed by atoms with Gasteiger partial charge in [-0.2, -0.15) is 0 Å².